The van der Waals surface area contributed by atoms with E-state index in [9.17, 15) is 14.0 Å². The van der Waals surface area contributed by atoms with E-state index in [0.29, 0.717) is 23.2 Å². The summed E-state index contributed by atoms with van der Waals surface area (Å²) in [5.74, 6) is -0.856. The molecule has 2 amide bonds. The fourth-order valence-electron chi connectivity index (χ4n) is 1.97. The van der Waals surface area contributed by atoms with E-state index in [0.717, 1.165) is 4.47 Å². The molecule has 0 aromatic heterocycles. The summed E-state index contributed by atoms with van der Waals surface area (Å²) in [6, 6.07) is 11.2. The molecule has 0 bridgehead atoms. The number of hydrogen-bond acceptors (Lipinski definition) is 2. The van der Waals surface area contributed by atoms with Crippen LogP contribution in [0.5, 0.6) is 0 Å². The molecule has 0 saturated carbocycles. The highest BCUT2D eigenvalue weighted by Crippen LogP contribution is 2.11. The molecule has 0 atom stereocenters. The first kappa shape index (κ1) is 17.1. The summed E-state index contributed by atoms with van der Waals surface area (Å²) in [6.45, 7) is 2.19. The summed E-state index contributed by atoms with van der Waals surface area (Å²) in [7, 11) is 0. The smallest absolute Gasteiger partial charge is 0.251 e. The van der Waals surface area contributed by atoms with Crippen LogP contribution in [-0.2, 0) is 0 Å². The van der Waals surface area contributed by atoms with E-state index < -0.39 is 0 Å². The van der Waals surface area contributed by atoms with Crippen LogP contribution in [0.4, 0.5) is 4.39 Å². The average molecular weight is 379 g/mol. The first-order valence-electron chi connectivity index (χ1n) is 7.05. The number of rotatable bonds is 5. The summed E-state index contributed by atoms with van der Waals surface area (Å²) < 4.78 is 14.0. The predicted octanol–water partition coefficient (Wildman–Crippen LogP) is 3.06. The zero-order chi connectivity index (χ0) is 16.8. The van der Waals surface area contributed by atoms with Crippen molar-refractivity contribution in [3.05, 3.63) is 69.4 Å². The summed E-state index contributed by atoms with van der Waals surface area (Å²) in [6.07, 6.45) is 0. The maximum Gasteiger partial charge on any atom is 0.251 e. The molecule has 0 unspecified atom stereocenters. The van der Waals surface area contributed by atoms with Crippen LogP contribution in [0.15, 0.2) is 46.9 Å². The van der Waals surface area contributed by atoms with Crippen LogP contribution in [0.1, 0.15) is 26.3 Å². The van der Waals surface area contributed by atoms with Crippen LogP contribution >= 0.6 is 15.9 Å². The lowest BCUT2D eigenvalue weighted by Gasteiger charge is -2.08. The number of benzene rings is 2. The number of carbonyl (C=O) groups excluding carboxylic acids is 2. The highest BCUT2D eigenvalue weighted by atomic mass is 79.9. The Kier molecular flexibility index (Phi) is 5.87. The maximum atomic E-state index is 13.2. The van der Waals surface area contributed by atoms with Crippen molar-refractivity contribution in [3.8, 4) is 0 Å². The van der Waals surface area contributed by atoms with Gasteiger partial charge in [-0.2, -0.15) is 0 Å². The normalized spacial score (nSPS) is 10.2. The minimum atomic E-state index is -0.345. The summed E-state index contributed by atoms with van der Waals surface area (Å²) in [4.78, 5) is 23.8. The van der Waals surface area contributed by atoms with E-state index in [1.807, 2.05) is 6.07 Å². The minimum Gasteiger partial charge on any atom is -0.350 e. The van der Waals surface area contributed by atoms with Gasteiger partial charge in [-0.3, -0.25) is 9.59 Å². The van der Waals surface area contributed by atoms with E-state index in [1.165, 1.54) is 18.2 Å². The lowest BCUT2D eigenvalue weighted by atomic mass is 10.1. The van der Waals surface area contributed by atoms with Crippen molar-refractivity contribution in [2.24, 2.45) is 0 Å². The number of nitrogens with one attached hydrogen (secondary N) is 2. The molecule has 0 aliphatic heterocycles. The average Bonchev–Trinajstić information content (AvgIpc) is 2.53. The fraction of sp³-hybridized carbons (Fsp3) is 0.176. The second-order valence-electron chi connectivity index (χ2n) is 4.99. The van der Waals surface area contributed by atoms with Crippen molar-refractivity contribution < 1.29 is 14.0 Å². The summed E-state index contributed by atoms with van der Waals surface area (Å²) in [5.41, 5.74) is 1.35. The highest BCUT2D eigenvalue weighted by molar-refractivity contribution is 9.10. The summed E-state index contributed by atoms with van der Waals surface area (Å²) >= 11 is 3.30. The number of hydrogen-bond donors (Lipinski definition) is 2. The molecule has 0 spiro atoms. The Morgan fingerprint density at radius 3 is 2.17 bits per heavy atom. The van der Waals surface area contributed by atoms with Gasteiger partial charge in [-0.15, -0.1) is 0 Å². The number of carbonyl (C=O) groups is 2. The second kappa shape index (κ2) is 7.87. The maximum absolute atomic E-state index is 13.2. The molecule has 2 N–H and O–H groups in total. The van der Waals surface area contributed by atoms with Gasteiger partial charge in [0.05, 0.1) is 0 Å². The van der Waals surface area contributed by atoms with Gasteiger partial charge in [-0.05, 0) is 48.9 Å². The zero-order valence-corrected chi connectivity index (χ0v) is 14.1. The van der Waals surface area contributed by atoms with Crippen LogP contribution in [0.2, 0.25) is 0 Å². The Hall–Kier alpha value is -2.21. The Labute approximate surface area is 142 Å². The minimum absolute atomic E-state index is 0.210. The first-order chi connectivity index (χ1) is 11.0. The molecule has 0 aliphatic rings. The fourth-order valence-corrected chi connectivity index (χ4v) is 2.37. The molecular weight excluding hydrogens is 363 g/mol. The number of halogens is 2. The van der Waals surface area contributed by atoms with Crippen LogP contribution in [0, 0.1) is 12.7 Å². The Balaban J connectivity index is 1.79. The van der Waals surface area contributed by atoms with Crippen molar-refractivity contribution in [2.45, 2.75) is 6.92 Å². The second-order valence-corrected chi connectivity index (χ2v) is 5.90. The predicted molar refractivity (Wildman–Crippen MR) is 89.9 cm³/mol. The third kappa shape index (κ3) is 4.89. The van der Waals surface area contributed by atoms with Gasteiger partial charge in [0.2, 0.25) is 0 Å². The van der Waals surface area contributed by atoms with Gasteiger partial charge in [0, 0.05) is 28.7 Å². The van der Waals surface area contributed by atoms with E-state index in [2.05, 4.69) is 26.6 Å². The molecule has 0 saturated heterocycles. The number of aryl methyl sites for hydroxylation is 1. The van der Waals surface area contributed by atoms with Crippen molar-refractivity contribution >= 4 is 27.7 Å². The lowest BCUT2D eigenvalue weighted by molar-refractivity contribution is 0.0927. The molecule has 2 aromatic rings. The molecule has 0 fully saturated rings. The van der Waals surface area contributed by atoms with Crippen LogP contribution in [0.3, 0.4) is 0 Å². The van der Waals surface area contributed by atoms with Gasteiger partial charge in [-0.25, -0.2) is 4.39 Å². The third-order valence-electron chi connectivity index (χ3n) is 3.20. The van der Waals surface area contributed by atoms with Crippen molar-refractivity contribution in [1.29, 1.82) is 0 Å². The lowest BCUT2D eigenvalue weighted by Crippen LogP contribution is -2.34. The van der Waals surface area contributed by atoms with Gasteiger partial charge < -0.3 is 10.6 Å². The molecule has 23 heavy (non-hydrogen) atoms. The zero-order valence-electron chi connectivity index (χ0n) is 12.5. The van der Waals surface area contributed by atoms with Gasteiger partial charge in [0.25, 0.3) is 11.8 Å². The quantitative estimate of drug-likeness (QED) is 0.785. The standard InChI is InChI=1S/C17H16BrFN2O2/c1-11-9-13(5-6-15(11)19)17(23)21-8-7-20-16(22)12-3-2-4-14(18)10-12/h2-6,9-10H,7-8H2,1H3,(H,20,22)(H,21,23). The highest BCUT2D eigenvalue weighted by Gasteiger charge is 2.08. The van der Waals surface area contributed by atoms with Gasteiger partial charge in [0.15, 0.2) is 0 Å². The van der Waals surface area contributed by atoms with Crippen molar-refractivity contribution in [3.63, 3.8) is 0 Å². The van der Waals surface area contributed by atoms with E-state index in [4.69, 9.17) is 0 Å². The van der Waals surface area contributed by atoms with Gasteiger partial charge >= 0.3 is 0 Å². The molecular formula is C17H16BrFN2O2. The van der Waals surface area contributed by atoms with Crippen LogP contribution in [-0.4, -0.2) is 24.9 Å². The van der Waals surface area contributed by atoms with E-state index in [-0.39, 0.29) is 24.2 Å². The molecule has 4 nitrogen and oxygen atoms in total. The van der Waals surface area contributed by atoms with Gasteiger partial charge in [0.1, 0.15) is 5.82 Å². The molecule has 2 aromatic carbocycles. The number of amides is 2. The SMILES string of the molecule is Cc1cc(C(=O)NCCNC(=O)c2cccc(Br)c2)ccc1F. The first-order valence-corrected chi connectivity index (χ1v) is 7.85. The molecule has 0 radical (unpaired) electrons. The van der Waals surface area contributed by atoms with Crippen molar-refractivity contribution in [2.75, 3.05) is 13.1 Å². The molecule has 6 heteroatoms. The Morgan fingerprint density at radius 2 is 1.61 bits per heavy atom. The Morgan fingerprint density at radius 1 is 1.00 bits per heavy atom. The van der Waals surface area contributed by atoms with Crippen molar-refractivity contribution in [1.82, 2.24) is 10.6 Å². The Bertz CT molecular complexity index is 734. The monoisotopic (exact) mass is 378 g/mol. The summed E-state index contributed by atoms with van der Waals surface area (Å²) in [5, 5.41) is 5.40. The molecule has 0 heterocycles. The van der Waals surface area contributed by atoms with E-state index >= 15 is 0 Å². The third-order valence-corrected chi connectivity index (χ3v) is 3.70. The molecule has 0 aliphatic carbocycles. The molecule has 120 valence electrons. The van der Waals surface area contributed by atoms with Gasteiger partial charge in [-0.1, -0.05) is 22.0 Å². The largest absolute Gasteiger partial charge is 0.350 e. The molecule has 2 rings (SSSR count). The van der Waals surface area contributed by atoms with Crippen LogP contribution in [0.25, 0.3) is 0 Å². The van der Waals surface area contributed by atoms with E-state index in [1.54, 1.807) is 25.1 Å². The van der Waals surface area contributed by atoms with Crippen LogP contribution < -0.4 is 10.6 Å². The topological polar surface area (TPSA) is 58.2 Å².